The van der Waals surface area contributed by atoms with Gasteiger partial charge >= 0.3 is 5.97 Å². The minimum absolute atomic E-state index is 0.0347. The first-order valence-corrected chi connectivity index (χ1v) is 7.42. The van der Waals surface area contributed by atoms with E-state index >= 15 is 0 Å². The summed E-state index contributed by atoms with van der Waals surface area (Å²) in [5, 5.41) is 3.57. The first kappa shape index (κ1) is 15.8. The minimum atomic E-state index is -0.308. The summed E-state index contributed by atoms with van der Waals surface area (Å²) in [6.45, 7) is 8.49. The molecular formula is C17H25NO3. The fourth-order valence-electron chi connectivity index (χ4n) is 3.19. The third kappa shape index (κ3) is 5.05. The number of ether oxygens (including phenoxy) is 2. The van der Waals surface area contributed by atoms with Gasteiger partial charge < -0.3 is 14.8 Å². The number of benzene rings is 1. The summed E-state index contributed by atoms with van der Waals surface area (Å²) in [5.41, 5.74) is -0.0695. The van der Waals surface area contributed by atoms with Crippen molar-refractivity contribution in [3.63, 3.8) is 0 Å². The van der Waals surface area contributed by atoms with Crippen LogP contribution in [0.5, 0.6) is 5.75 Å². The van der Waals surface area contributed by atoms with Gasteiger partial charge in [0.15, 0.2) is 6.61 Å². The van der Waals surface area contributed by atoms with E-state index in [1.807, 2.05) is 30.3 Å². The molecule has 1 saturated heterocycles. The van der Waals surface area contributed by atoms with Crippen molar-refractivity contribution in [1.29, 1.82) is 0 Å². The highest BCUT2D eigenvalue weighted by Crippen LogP contribution is 2.30. The molecule has 1 fully saturated rings. The maximum Gasteiger partial charge on any atom is 0.344 e. The highest BCUT2D eigenvalue weighted by Gasteiger charge is 2.39. The molecular weight excluding hydrogens is 266 g/mol. The molecule has 21 heavy (non-hydrogen) atoms. The molecule has 1 aromatic rings. The second kappa shape index (κ2) is 6.06. The van der Waals surface area contributed by atoms with Gasteiger partial charge in [0, 0.05) is 23.9 Å². The van der Waals surface area contributed by atoms with E-state index in [1.54, 1.807) is 0 Å². The van der Waals surface area contributed by atoms with E-state index in [0.717, 1.165) is 12.8 Å². The van der Waals surface area contributed by atoms with Gasteiger partial charge in [0.1, 0.15) is 11.9 Å². The smallest absolute Gasteiger partial charge is 0.344 e. The van der Waals surface area contributed by atoms with Crippen LogP contribution in [-0.2, 0) is 9.53 Å². The molecule has 0 saturated carbocycles. The van der Waals surface area contributed by atoms with Crippen LogP contribution in [0.15, 0.2) is 30.3 Å². The Balaban J connectivity index is 1.85. The molecule has 0 aromatic heterocycles. The molecule has 0 spiro atoms. The summed E-state index contributed by atoms with van der Waals surface area (Å²) in [4.78, 5) is 11.9. The second-order valence-corrected chi connectivity index (χ2v) is 7.01. The molecule has 4 nitrogen and oxygen atoms in total. The third-order valence-electron chi connectivity index (χ3n) is 3.55. The molecule has 0 bridgehead atoms. The van der Waals surface area contributed by atoms with Crippen molar-refractivity contribution in [2.24, 2.45) is 0 Å². The van der Waals surface area contributed by atoms with Crippen LogP contribution in [-0.4, -0.2) is 29.8 Å². The lowest BCUT2D eigenvalue weighted by Crippen LogP contribution is -2.59. The number of hydrogen-bond donors (Lipinski definition) is 1. The maximum absolute atomic E-state index is 11.9. The van der Waals surface area contributed by atoms with Crippen LogP contribution < -0.4 is 10.1 Å². The SMILES string of the molecule is CC1(C)CC(OC(=O)COc2ccccc2)CC(C)(C)N1. The van der Waals surface area contributed by atoms with E-state index in [2.05, 4.69) is 33.0 Å². The molecule has 4 heteroatoms. The predicted octanol–water partition coefficient (Wildman–Crippen LogP) is 2.92. The number of carbonyl (C=O) groups is 1. The van der Waals surface area contributed by atoms with Crippen molar-refractivity contribution in [1.82, 2.24) is 5.32 Å². The molecule has 2 rings (SSSR count). The first-order valence-electron chi connectivity index (χ1n) is 7.42. The Morgan fingerprint density at radius 2 is 1.71 bits per heavy atom. The van der Waals surface area contributed by atoms with Crippen molar-refractivity contribution >= 4 is 5.97 Å². The zero-order valence-corrected chi connectivity index (χ0v) is 13.3. The van der Waals surface area contributed by atoms with Gasteiger partial charge in [-0.3, -0.25) is 0 Å². The molecule has 0 aliphatic carbocycles. The van der Waals surface area contributed by atoms with Crippen LogP contribution >= 0.6 is 0 Å². The fourth-order valence-corrected chi connectivity index (χ4v) is 3.19. The summed E-state index contributed by atoms with van der Waals surface area (Å²) in [6.07, 6.45) is 1.56. The van der Waals surface area contributed by atoms with E-state index in [0.29, 0.717) is 5.75 Å². The van der Waals surface area contributed by atoms with E-state index in [4.69, 9.17) is 9.47 Å². The topological polar surface area (TPSA) is 47.6 Å². The average Bonchev–Trinajstić information content (AvgIpc) is 2.33. The zero-order chi connectivity index (χ0) is 15.5. The van der Waals surface area contributed by atoms with Crippen molar-refractivity contribution < 1.29 is 14.3 Å². The number of piperidine rings is 1. The Bertz CT molecular complexity index is 466. The van der Waals surface area contributed by atoms with Crippen LogP contribution in [0.2, 0.25) is 0 Å². The van der Waals surface area contributed by atoms with Gasteiger partial charge in [0.25, 0.3) is 0 Å². The normalized spacial score (nSPS) is 20.8. The van der Waals surface area contributed by atoms with E-state index in [9.17, 15) is 4.79 Å². The van der Waals surface area contributed by atoms with Gasteiger partial charge in [0.05, 0.1) is 0 Å². The van der Waals surface area contributed by atoms with Crippen molar-refractivity contribution in [3.8, 4) is 5.75 Å². The van der Waals surface area contributed by atoms with Gasteiger partial charge in [-0.1, -0.05) is 18.2 Å². The Kier molecular flexibility index (Phi) is 4.57. The van der Waals surface area contributed by atoms with Crippen molar-refractivity contribution in [2.45, 2.75) is 57.7 Å². The number of rotatable bonds is 4. The summed E-state index contributed by atoms with van der Waals surface area (Å²) in [7, 11) is 0. The largest absolute Gasteiger partial charge is 0.482 e. The molecule has 1 aliphatic rings. The van der Waals surface area contributed by atoms with Gasteiger partial charge in [-0.2, -0.15) is 0 Å². The number of esters is 1. The molecule has 0 amide bonds. The van der Waals surface area contributed by atoms with Gasteiger partial charge in [-0.05, 0) is 39.8 Å². The van der Waals surface area contributed by atoms with Gasteiger partial charge in [-0.15, -0.1) is 0 Å². The Morgan fingerprint density at radius 3 is 2.29 bits per heavy atom. The highest BCUT2D eigenvalue weighted by atomic mass is 16.6. The van der Waals surface area contributed by atoms with Crippen LogP contribution in [0, 0.1) is 0 Å². The van der Waals surface area contributed by atoms with Crippen LogP contribution in [0.1, 0.15) is 40.5 Å². The summed E-state index contributed by atoms with van der Waals surface area (Å²) in [5.74, 6) is 0.373. The second-order valence-electron chi connectivity index (χ2n) is 7.01. The fraction of sp³-hybridized carbons (Fsp3) is 0.588. The highest BCUT2D eigenvalue weighted by molar-refractivity contribution is 5.71. The van der Waals surface area contributed by atoms with Crippen LogP contribution in [0.4, 0.5) is 0 Å². The molecule has 0 atom stereocenters. The molecule has 1 aliphatic heterocycles. The maximum atomic E-state index is 11.9. The molecule has 116 valence electrons. The number of hydrogen-bond acceptors (Lipinski definition) is 4. The molecule has 1 heterocycles. The van der Waals surface area contributed by atoms with Crippen molar-refractivity contribution in [3.05, 3.63) is 30.3 Å². The monoisotopic (exact) mass is 291 g/mol. The van der Waals surface area contributed by atoms with Crippen LogP contribution in [0.3, 0.4) is 0 Å². The van der Waals surface area contributed by atoms with E-state index in [-0.39, 0.29) is 29.8 Å². The van der Waals surface area contributed by atoms with Crippen molar-refractivity contribution in [2.75, 3.05) is 6.61 Å². The first-order chi connectivity index (χ1) is 9.76. The number of carbonyl (C=O) groups excluding carboxylic acids is 1. The minimum Gasteiger partial charge on any atom is -0.482 e. The Hall–Kier alpha value is -1.55. The summed E-state index contributed by atoms with van der Waals surface area (Å²) in [6, 6.07) is 9.30. The Labute approximate surface area is 126 Å². The molecule has 1 N–H and O–H groups in total. The summed E-state index contributed by atoms with van der Waals surface area (Å²) >= 11 is 0. The lowest BCUT2D eigenvalue weighted by atomic mass is 9.81. The predicted molar refractivity (Wildman–Crippen MR) is 82.3 cm³/mol. The quantitative estimate of drug-likeness (QED) is 0.867. The van der Waals surface area contributed by atoms with Gasteiger partial charge in [-0.25, -0.2) is 4.79 Å². The lowest BCUT2D eigenvalue weighted by molar-refractivity contribution is -0.155. The standard InChI is InChI=1S/C17H25NO3/c1-16(2)10-14(11-17(3,4)18-16)21-15(19)12-20-13-8-6-5-7-9-13/h5-9,14,18H,10-12H2,1-4H3. The van der Waals surface area contributed by atoms with E-state index < -0.39 is 0 Å². The lowest BCUT2D eigenvalue weighted by Gasteiger charge is -2.45. The van der Waals surface area contributed by atoms with Gasteiger partial charge in [0.2, 0.25) is 0 Å². The van der Waals surface area contributed by atoms with E-state index in [1.165, 1.54) is 0 Å². The Morgan fingerprint density at radius 1 is 1.14 bits per heavy atom. The number of nitrogens with one attached hydrogen (secondary N) is 1. The third-order valence-corrected chi connectivity index (χ3v) is 3.55. The molecule has 0 radical (unpaired) electrons. The zero-order valence-electron chi connectivity index (χ0n) is 13.3. The molecule has 0 unspecified atom stereocenters. The average molecular weight is 291 g/mol. The van der Waals surface area contributed by atoms with Crippen LogP contribution in [0.25, 0.3) is 0 Å². The number of para-hydroxylation sites is 1. The summed E-state index contributed by atoms with van der Waals surface area (Å²) < 4.78 is 11.0. The molecule has 1 aromatic carbocycles.